The van der Waals surface area contributed by atoms with Crippen LogP contribution in [-0.2, 0) is 43.9 Å². The van der Waals surface area contributed by atoms with Crippen molar-refractivity contribution in [1.29, 1.82) is 0 Å². The van der Waals surface area contributed by atoms with Crippen molar-refractivity contribution in [2.24, 2.45) is 5.92 Å². The van der Waals surface area contributed by atoms with E-state index in [1.54, 1.807) is 12.1 Å². The highest BCUT2D eigenvalue weighted by Crippen LogP contribution is 2.39. The zero-order valence-electron chi connectivity index (χ0n) is 35.2. The van der Waals surface area contributed by atoms with E-state index in [1.807, 2.05) is 94.7 Å². The molecule has 4 saturated heterocycles. The van der Waals surface area contributed by atoms with Crippen LogP contribution >= 0.6 is 0 Å². The van der Waals surface area contributed by atoms with Crippen LogP contribution < -0.4 is 10.9 Å². The minimum atomic E-state index is -0.876. The fourth-order valence-corrected chi connectivity index (χ4v) is 9.54. The van der Waals surface area contributed by atoms with Gasteiger partial charge in [-0.3, -0.25) is 24.1 Å². The fraction of sp³-hybridized carbons (Fsp3) is 0.400. The van der Waals surface area contributed by atoms with Gasteiger partial charge in [-0.15, -0.1) is 0 Å². The monoisotopic (exact) mass is 839 g/mol. The Kier molecular flexibility index (Phi) is 13.5. The Morgan fingerprint density at radius 2 is 1.50 bits per heavy atom. The number of nitrogens with zero attached hydrogens (tertiary/aromatic N) is 3. The van der Waals surface area contributed by atoms with Crippen LogP contribution in [0, 0.1) is 5.92 Å². The number of aliphatic hydroxyl groups is 1. The van der Waals surface area contributed by atoms with Gasteiger partial charge in [0.15, 0.2) is 0 Å². The van der Waals surface area contributed by atoms with Crippen molar-refractivity contribution in [2.75, 3.05) is 52.4 Å². The minimum absolute atomic E-state index is 0.00971. The molecule has 5 aromatic rings. The van der Waals surface area contributed by atoms with Crippen LogP contribution in [0.4, 0.5) is 0 Å². The molecule has 5 heterocycles. The average molecular weight is 840 g/mol. The second-order valence-electron chi connectivity index (χ2n) is 17.2. The van der Waals surface area contributed by atoms with Gasteiger partial charge in [0.05, 0.1) is 29.9 Å². The summed E-state index contributed by atoms with van der Waals surface area (Å²) < 4.78 is 6.33. The summed E-state index contributed by atoms with van der Waals surface area (Å²) in [6, 6.07) is 33.6. The number of fused-ring (bicyclic) bond motifs is 4. The summed E-state index contributed by atoms with van der Waals surface area (Å²) in [5.74, 6) is 0.217. The highest BCUT2D eigenvalue weighted by molar-refractivity contribution is 5.87. The molecule has 0 radical (unpaired) electrons. The van der Waals surface area contributed by atoms with Crippen molar-refractivity contribution >= 4 is 28.7 Å². The van der Waals surface area contributed by atoms with Crippen LogP contribution in [0.1, 0.15) is 66.0 Å². The maximum Gasteiger partial charge on any atom is 0.317 e. The zero-order valence-corrected chi connectivity index (χ0v) is 35.2. The van der Waals surface area contributed by atoms with E-state index in [4.69, 9.17) is 4.74 Å². The van der Waals surface area contributed by atoms with Crippen molar-refractivity contribution in [3.05, 3.63) is 147 Å². The number of pyridine rings is 1. The number of rotatable bonds is 16. The molecule has 324 valence electrons. The topological polar surface area (TPSA) is 156 Å². The highest BCUT2D eigenvalue weighted by atomic mass is 16.5. The van der Waals surface area contributed by atoms with Crippen LogP contribution in [0.25, 0.3) is 10.9 Å². The van der Waals surface area contributed by atoms with E-state index in [0.717, 1.165) is 54.7 Å². The van der Waals surface area contributed by atoms with Crippen molar-refractivity contribution in [1.82, 2.24) is 25.0 Å². The highest BCUT2D eigenvalue weighted by Gasteiger charge is 2.47. The van der Waals surface area contributed by atoms with Crippen LogP contribution in [0.3, 0.4) is 0 Å². The van der Waals surface area contributed by atoms with Gasteiger partial charge < -0.3 is 35.1 Å². The smallest absolute Gasteiger partial charge is 0.317 e. The third-order valence-electron chi connectivity index (χ3n) is 13.2. The molecule has 2 bridgehead atoms. The molecular formula is C50H57N5O7. The van der Waals surface area contributed by atoms with Crippen LogP contribution in [0.15, 0.2) is 114 Å². The quantitative estimate of drug-likeness (QED) is 0.0770. The molecule has 4 N–H and O–H groups in total. The first-order valence-corrected chi connectivity index (χ1v) is 22.1. The second kappa shape index (κ2) is 19.5. The largest absolute Gasteiger partial charge is 0.506 e. The van der Waals surface area contributed by atoms with Gasteiger partial charge in [0.1, 0.15) is 11.9 Å². The van der Waals surface area contributed by atoms with E-state index >= 15 is 0 Å². The molecule has 12 heteroatoms. The maximum atomic E-state index is 14.1. The first-order valence-electron chi connectivity index (χ1n) is 22.1. The van der Waals surface area contributed by atoms with E-state index < -0.39 is 11.5 Å². The number of H-pyrrole nitrogens is 1. The van der Waals surface area contributed by atoms with Crippen LogP contribution in [-0.4, -0.2) is 106 Å². The molecule has 2 atom stereocenters. The van der Waals surface area contributed by atoms with E-state index in [1.165, 1.54) is 12.1 Å². The number of nitrogens with one attached hydrogen (secondary N) is 2. The molecule has 62 heavy (non-hydrogen) atoms. The molecule has 0 saturated carbocycles. The molecule has 4 aliphatic rings. The molecule has 0 spiro atoms. The van der Waals surface area contributed by atoms with Gasteiger partial charge in [-0.1, -0.05) is 91.0 Å². The van der Waals surface area contributed by atoms with Gasteiger partial charge in [-0.25, -0.2) is 0 Å². The first kappa shape index (κ1) is 42.9. The predicted octanol–water partition coefficient (Wildman–Crippen LogP) is 5.26. The number of amides is 2. The van der Waals surface area contributed by atoms with Crippen molar-refractivity contribution in [2.45, 2.75) is 69.1 Å². The summed E-state index contributed by atoms with van der Waals surface area (Å²) in [6.07, 6.45) is 3.34. The van der Waals surface area contributed by atoms with Crippen molar-refractivity contribution < 1.29 is 29.3 Å². The molecule has 2 amide bonds. The summed E-state index contributed by atoms with van der Waals surface area (Å²) in [4.78, 5) is 62.1. The summed E-state index contributed by atoms with van der Waals surface area (Å²) >= 11 is 0. The number of hydrogen-bond acceptors (Lipinski definition) is 9. The Balaban J connectivity index is 0.834. The SMILES string of the molecule is O=C(Cc1ccc(CC(=O)N(CCCNCC(O)c2ccc(O)c3[nH]c(=O)ccc23)Cc2ccccc2)cc1)N1CCC(C(=O)OC2CN3CCC2CC3)(c2ccccc2)CC1. The number of ether oxygens (including phenoxy) is 1. The molecule has 0 aliphatic carbocycles. The summed E-state index contributed by atoms with van der Waals surface area (Å²) in [6.45, 7) is 5.70. The van der Waals surface area contributed by atoms with Crippen molar-refractivity contribution in [3.8, 4) is 5.75 Å². The van der Waals surface area contributed by atoms with E-state index in [2.05, 4.69) is 15.2 Å². The lowest BCUT2D eigenvalue weighted by atomic mass is 9.72. The molecule has 12 nitrogen and oxygen atoms in total. The van der Waals surface area contributed by atoms with Crippen molar-refractivity contribution in [3.63, 3.8) is 0 Å². The Bertz CT molecular complexity index is 2370. The number of hydrogen-bond donors (Lipinski definition) is 4. The molecule has 4 fully saturated rings. The number of benzene rings is 4. The van der Waals surface area contributed by atoms with E-state index in [9.17, 15) is 29.4 Å². The molecule has 4 aliphatic heterocycles. The van der Waals surface area contributed by atoms with Gasteiger partial charge in [0, 0.05) is 50.7 Å². The third kappa shape index (κ3) is 9.94. The number of likely N-dealkylation sites (tertiary alicyclic amines) is 1. The van der Waals surface area contributed by atoms with Gasteiger partial charge in [0.2, 0.25) is 17.4 Å². The van der Waals surface area contributed by atoms with Gasteiger partial charge in [0.25, 0.3) is 0 Å². The van der Waals surface area contributed by atoms with Crippen LogP contribution in [0.5, 0.6) is 5.75 Å². The number of phenolic OH excluding ortho intramolecular Hbond substituents is 1. The standard InChI is InChI=1S/C50H57N5O7/c56-42-18-16-40(41-17-19-45(58)52-48(41)42)43(57)32-51-24-7-25-55(33-37-8-3-1-4-9-37)47(60)31-36-14-12-35(13-15-36)30-46(59)54-28-22-50(23-29-54,39-10-5-2-6-11-39)49(61)62-44-34-53-26-20-38(44)21-27-53/h1-6,8-19,38,43-44,51,56-57H,7,20-34H2,(H,52,58). The Labute approximate surface area is 362 Å². The molecule has 4 aromatic carbocycles. The number of phenols is 1. The lowest BCUT2D eigenvalue weighted by Crippen LogP contribution is -2.55. The lowest BCUT2D eigenvalue weighted by molar-refractivity contribution is -0.168. The number of carbonyl (C=O) groups is 3. The zero-order chi connectivity index (χ0) is 43.1. The number of piperidine rings is 4. The van der Waals surface area contributed by atoms with Gasteiger partial charge in [-0.05, 0) is 97.6 Å². The Hall–Kier alpha value is -5.82. The first-order chi connectivity index (χ1) is 30.1. The molecule has 2 unspecified atom stereocenters. The van der Waals surface area contributed by atoms with Gasteiger partial charge in [-0.2, -0.15) is 0 Å². The lowest BCUT2D eigenvalue weighted by Gasteiger charge is -2.46. The number of aliphatic hydroxyl groups excluding tert-OH is 1. The number of carbonyl (C=O) groups excluding carboxylic acids is 3. The average Bonchev–Trinajstić information content (AvgIpc) is 3.30. The number of aromatic hydroxyl groups is 1. The second-order valence-corrected chi connectivity index (χ2v) is 17.2. The number of aromatic nitrogens is 1. The summed E-state index contributed by atoms with van der Waals surface area (Å²) in [5, 5.41) is 25.0. The minimum Gasteiger partial charge on any atom is -0.506 e. The van der Waals surface area contributed by atoms with E-state index in [0.29, 0.717) is 68.9 Å². The van der Waals surface area contributed by atoms with E-state index in [-0.39, 0.29) is 60.1 Å². The maximum absolute atomic E-state index is 14.1. The number of esters is 1. The molecule has 1 aromatic heterocycles. The third-order valence-corrected chi connectivity index (χ3v) is 13.2. The van der Waals surface area contributed by atoms with Gasteiger partial charge >= 0.3 is 5.97 Å². The summed E-state index contributed by atoms with van der Waals surface area (Å²) in [5.41, 5.74) is 3.48. The summed E-state index contributed by atoms with van der Waals surface area (Å²) in [7, 11) is 0. The number of aromatic amines is 1. The Morgan fingerprint density at radius 1 is 0.823 bits per heavy atom. The fourth-order valence-electron chi connectivity index (χ4n) is 9.54. The Morgan fingerprint density at radius 3 is 2.18 bits per heavy atom. The molecule has 9 rings (SSSR count). The normalized spacial score (nSPS) is 19.8. The molecular weight excluding hydrogens is 783 g/mol. The predicted molar refractivity (Wildman–Crippen MR) is 237 cm³/mol. The van der Waals surface area contributed by atoms with Crippen LogP contribution in [0.2, 0.25) is 0 Å².